The molecule has 0 aliphatic heterocycles. The van der Waals surface area contributed by atoms with Gasteiger partial charge in [-0.2, -0.15) is 13.2 Å². The van der Waals surface area contributed by atoms with E-state index in [2.05, 4.69) is 9.47 Å². The zero-order valence-electron chi connectivity index (χ0n) is 8.50. The number of rotatable bonds is 3. The van der Waals surface area contributed by atoms with Crippen LogP contribution in [-0.4, -0.2) is 45.9 Å². The van der Waals surface area contributed by atoms with Crippen molar-refractivity contribution in [2.45, 2.75) is 5.51 Å². The van der Waals surface area contributed by atoms with Gasteiger partial charge in [-0.1, -0.05) is 0 Å². The van der Waals surface area contributed by atoms with Gasteiger partial charge in [0.05, 0.1) is 13.2 Å². The Morgan fingerprint density at radius 2 is 1.33 bits per heavy atom. The smallest absolute Gasteiger partial charge is 0.741 e. The van der Waals surface area contributed by atoms with Gasteiger partial charge in [0.1, 0.15) is 0 Å². The van der Waals surface area contributed by atoms with Crippen LogP contribution in [0.1, 0.15) is 0 Å². The Kier molecular flexibility index (Phi) is 13.0. The van der Waals surface area contributed by atoms with Gasteiger partial charge in [-0.3, -0.25) is 0 Å². The maximum Gasteiger partial charge on any atom is 1.00 e. The molecule has 15 heavy (non-hydrogen) atoms. The van der Waals surface area contributed by atoms with Crippen molar-refractivity contribution in [2.75, 3.05) is 27.4 Å². The average molecular weight is 246 g/mol. The summed E-state index contributed by atoms with van der Waals surface area (Å²) in [6.45, 7) is 1.38. The molecule has 0 saturated heterocycles. The topological polar surface area (TPSA) is 75.7 Å². The molecule has 0 aromatic carbocycles. The monoisotopic (exact) mass is 246 g/mol. The molecule has 0 aliphatic carbocycles. The summed E-state index contributed by atoms with van der Waals surface area (Å²) in [5.74, 6) is 0. The quantitative estimate of drug-likeness (QED) is 0.235. The normalized spacial score (nSPS) is 11.1. The third-order valence-corrected chi connectivity index (χ3v) is 1.34. The van der Waals surface area contributed by atoms with E-state index in [1.807, 2.05) is 0 Å². The summed E-state index contributed by atoms with van der Waals surface area (Å²) < 4.78 is 68.2. The molecular formula is C5H10F3LiO5S. The van der Waals surface area contributed by atoms with E-state index in [0.717, 1.165) is 0 Å². The second-order valence-corrected chi connectivity index (χ2v) is 3.26. The molecule has 0 rings (SSSR count). The Morgan fingerprint density at radius 3 is 1.40 bits per heavy atom. The minimum Gasteiger partial charge on any atom is -0.741 e. The number of alkyl halides is 3. The fourth-order valence-corrected chi connectivity index (χ4v) is 0.167. The molecule has 0 unspecified atom stereocenters. The Labute approximate surface area is 97.9 Å². The van der Waals surface area contributed by atoms with Crippen molar-refractivity contribution in [1.82, 2.24) is 0 Å². The summed E-state index contributed by atoms with van der Waals surface area (Å²) >= 11 is 0. The molecule has 0 heterocycles. The standard InChI is InChI=1S/C4H10O2.CHF3O3S.Li/c1-5-3-4-6-2;2-1(3,4)8(5,6)7;/h3-4H2,1-2H3;(H,5,6,7);/q;;+1/p-1. The van der Waals surface area contributed by atoms with Crippen molar-refractivity contribution in [3.8, 4) is 0 Å². The number of hydrogen-bond acceptors (Lipinski definition) is 5. The molecular weight excluding hydrogens is 236 g/mol. The Hall–Kier alpha value is 0.217. The number of ether oxygens (including phenoxy) is 2. The van der Waals surface area contributed by atoms with E-state index in [1.54, 1.807) is 14.2 Å². The largest absolute Gasteiger partial charge is 1.00 e. The van der Waals surface area contributed by atoms with Crippen molar-refractivity contribution < 1.29 is 54.5 Å². The van der Waals surface area contributed by atoms with E-state index in [4.69, 9.17) is 13.0 Å². The Morgan fingerprint density at radius 1 is 1.13 bits per heavy atom. The molecule has 5 nitrogen and oxygen atoms in total. The molecule has 88 valence electrons. The first-order valence-electron chi connectivity index (χ1n) is 3.16. The van der Waals surface area contributed by atoms with E-state index >= 15 is 0 Å². The molecule has 0 spiro atoms. The fourth-order valence-electron chi connectivity index (χ4n) is 0.167. The van der Waals surface area contributed by atoms with Crippen molar-refractivity contribution >= 4 is 10.1 Å². The predicted molar refractivity (Wildman–Crippen MR) is 39.5 cm³/mol. The zero-order chi connectivity index (χ0) is 11.8. The van der Waals surface area contributed by atoms with Crippen molar-refractivity contribution in [1.29, 1.82) is 0 Å². The summed E-state index contributed by atoms with van der Waals surface area (Å²) in [5, 5.41) is 0. The third-order valence-electron chi connectivity index (χ3n) is 0.775. The summed E-state index contributed by atoms with van der Waals surface area (Å²) in [6, 6.07) is 0. The molecule has 0 fully saturated rings. The van der Waals surface area contributed by atoms with Gasteiger partial charge in [-0.05, 0) is 0 Å². The molecule has 0 aromatic heterocycles. The van der Waals surface area contributed by atoms with Crippen molar-refractivity contribution in [3.05, 3.63) is 0 Å². The van der Waals surface area contributed by atoms with Gasteiger partial charge in [0, 0.05) is 14.2 Å². The van der Waals surface area contributed by atoms with Crippen LogP contribution >= 0.6 is 0 Å². The SMILES string of the molecule is COCCOC.O=S(=O)([O-])C(F)(F)F.[Li+]. The van der Waals surface area contributed by atoms with Crippen LogP contribution in [0.4, 0.5) is 13.2 Å². The van der Waals surface area contributed by atoms with Crippen LogP contribution in [-0.2, 0) is 19.6 Å². The van der Waals surface area contributed by atoms with Gasteiger partial charge in [0.15, 0.2) is 10.1 Å². The van der Waals surface area contributed by atoms with Crippen LogP contribution in [0.25, 0.3) is 0 Å². The molecule has 0 aliphatic rings. The molecule has 0 aromatic rings. The van der Waals surface area contributed by atoms with Crippen LogP contribution < -0.4 is 18.9 Å². The minimum atomic E-state index is -6.09. The number of halogens is 3. The minimum absolute atomic E-state index is 0. The molecule has 0 N–H and O–H groups in total. The van der Waals surface area contributed by atoms with Crippen molar-refractivity contribution in [3.63, 3.8) is 0 Å². The molecule has 0 saturated carbocycles. The van der Waals surface area contributed by atoms with E-state index in [1.165, 1.54) is 0 Å². The molecule has 10 heteroatoms. The molecule has 0 atom stereocenters. The van der Waals surface area contributed by atoms with Gasteiger partial charge in [0.2, 0.25) is 0 Å². The molecule has 0 bridgehead atoms. The van der Waals surface area contributed by atoms with Gasteiger partial charge in [-0.15, -0.1) is 0 Å². The first kappa shape index (κ1) is 20.6. The first-order valence-corrected chi connectivity index (χ1v) is 4.57. The first-order chi connectivity index (χ1) is 6.16. The van der Waals surface area contributed by atoms with Crippen LogP contribution in [0.3, 0.4) is 0 Å². The Bertz CT molecular complexity index is 223. The van der Waals surface area contributed by atoms with Crippen LogP contribution in [0.5, 0.6) is 0 Å². The van der Waals surface area contributed by atoms with Gasteiger partial charge < -0.3 is 14.0 Å². The fraction of sp³-hybridized carbons (Fsp3) is 1.00. The number of hydrogen-bond donors (Lipinski definition) is 0. The summed E-state index contributed by atoms with van der Waals surface area (Å²) in [5.41, 5.74) is -5.65. The van der Waals surface area contributed by atoms with Gasteiger partial charge in [-0.25, -0.2) is 8.42 Å². The van der Waals surface area contributed by atoms with Crippen LogP contribution in [0.15, 0.2) is 0 Å². The maximum atomic E-state index is 10.7. The second kappa shape index (κ2) is 9.44. The zero-order valence-corrected chi connectivity index (χ0v) is 9.31. The van der Waals surface area contributed by atoms with E-state index < -0.39 is 15.6 Å². The van der Waals surface area contributed by atoms with Crippen LogP contribution in [0, 0.1) is 0 Å². The molecule has 0 radical (unpaired) electrons. The number of methoxy groups -OCH3 is 2. The van der Waals surface area contributed by atoms with Gasteiger partial charge in [0.25, 0.3) is 0 Å². The van der Waals surface area contributed by atoms with E-state index in [-0.39, 0.29) is 18.9 Å². The van der Waals surface area contributed by atoms with Crippen LogP contribution in [0.2, 0.25) is 0 Å². The van der Waals surface area contributed by atoms with Gasteiger partial charge >= 0.3 is 24.4 Å². The Balaban J connectivity index is -0.000000187. The van der Waals surface area contributed by atoms with E-state index in [0.29, 0.717) is 13.2 Å². The second-order valence-electron chi connectivity index (χ2n) is 1.89. The summed E-state index contributed by atoms with van der Waals surface area (Å²) in [7, 11) is -2.79. The maximum absolute atomic E-state index is 10.7. The summed E-state index contributed by atoms with van der Waals surface area (Å²) in [4.78, 5) is 0. The predicted octanol–water partition coefficient (Wildman–Crippen LogP) is -2.67. The third kappa shape index (κ3) is 14.2. The molecule has 0 amide bonds. The average Bonchev–Trinajstić information content (AvgIpc) is 1.98. The van der Waals surface area contributed by atoms with Crippen molar-refractivity contribution in [2.24, 2.45) is 0 Å². The van der Waals surface area contributed by atoms with E-state index in [9.17, 15) is 13.2 Å². The summed E-state index contributed by atoms with van der Waals surface area (Å²) in [6.07, 6.45) is 0.